The monoisotopic (exact) mass is 305 g/mol. The average Bonchev–Trinajstić information content (AvgIpc) is 2.62. The van der Waals surface area contributed by atoms with Crippen molar-refractivity contribution >= 4 is 0 Å². The van der Waals surface area contributed by atoms with Gasteiger partial charge >= 0.3 is 12.4 Å². The maximum Gasteiger partial charge on any atom is 0.435 e. The second-order valence-electron chi connectivity index (χ2n) is 4.08. The van der Waals surface area contributed by atoms with Gasteiger partial charge in [0.2, 0.25) is 0 Å². The van der Waals surface area contributed by atoms with E-state index in [0.29, 0.717) is 0 Å². The van der Waals surface area contributed by atoms with Gasteiger partial charge in [-0.05, 0) is 13.5 Å². The summed E-state index contributed by atoms with van der Waals surface area (Å²) in [7, 11) is 2.01. The molecule has 4 nitrogen and oxygen atoms in total. The highest BCUT2D eigenvalue weighted by Gasteiger charge is 2.47. The second-order valence-corrected chi connectivity index (χ2v) is 4.08. The van der Waals surface area contributed by atoms with Crippen LogP contribution in [-0.2, 0) is 19.4 Å². The van der Waals surface area contributed by atoms with Gasteiger partial charge in [-0.2, -0.15) is 31.4 Å². The molecule has 0 amide bonds. The van der Waals surface area contributed by atoms with Crippen LogP contribution < -0.4 is 5.32 Å². The van der Waals surface area contributed by atoms with E-state index in [1.54, 1.807) is 0 Å². The van der Waals surface area contributed by atoms with E-state index >= 15 is 0 Å². The van der Waals surface area contributed by atoms with Crippen molar-refractivity contribution in [1.29, 1.82) is 0 Å². The molecular weight excluding hydrogens is 292 g/mol. The molecule has 116 valence electrons. The Balaban J connectivity index is 3.57. The number of nitrogens with zero attached hydrogens (tertiary/aromatic N) is 2. The number of aromatic nitrogens is 2. The Bertz CT molecular complexity index is 465. The minimum absolute atomic E-state index is 0.167. The average molecular weight is 305 g/mol. The van der Waals surface area contributed by atoms with Crippen LogP contribution in [0.2, 0.25) is 0 Å². The molecule has 0 saturated carbocycles. The quantitative estimate of drug-likeness (QED) is 0.838. The normalized spacial score (nSPS) is 14.7. The lowest BCUT2D eigenvalue weighted by Crippen LogP contribution is -2.25. The highest BCUT2D eigenvalue weighted by atomic mass is 19.4. The Morgan fingerprint density at radius 2 is 1.75 bits per heavy atom. The number of aliphatic hydroxyl groups excluding tert-OH is 1. The molecular formula is C10H13F6N3O. The van der Waals surface area contributed by atoms with Gasteiger partial charge in [0.05, 0.1) is 0 Å². The van der Waals surface area contributed by atoms with Gasteiger partial charge in [-0.3, -0.25) is 4.68 Å². The number of hydrogen-bond donors (Lipinski definition) is 2. The molecule has 10 heteroatoms. The fraction of sp³-hybridized carbons (Fsp3) is 0.700. The van der Waals surface area contributed by atoms with Crippen LogP contribution >= 0.6 is 0 Å². The second kappa shape index (κ2) is 5.60. The van der Waals surface area contributed by atoms with Crippen LogP contribution in [0.4, 0.5) is 26.3 Å². The van der Waals surface area contributed by atoms with Crippen LogP contribution in [0.5, 0.6) is 0 Å². The fourth-order valence-corrected chi connectivity index (χ4v) is 1.98. The standard InChI is InChI=1S/C10H13F6N3O/c1-17-5(3-4-20)6-7(9(11,12)13)18-19(2)8(6)10(14,15)16/h5,17,20H,3-4H2,1-2H3. The molecule has 0 spiro atoms. The topological polar surface area (TPSA) is 50.1 Å². The predicted molar refractivity (Wildman–Crippen MR) is 56.7 cm³/mol. The van der Waals surface area contributed by atoms with E-state index in [9.17, 15) is 26.3 Å². The lowest BCUT2D eigenvalue weighted by Gasteiger charge is -2.19. The first-order chi connectivity index (χ1) is 9.04. The summed E-state index contributed by atoms with van der Waals surface area (Å²) in [6, 6.07) is -1.30. The van der Waals surface area contributed by atoms with Crippen LogP contribution in [0.25, 0.3) is 0 Å². The summed E-state index contributed by atoms with van der Waals surface area (Å²) in [5, 5.41) is 14.1. The van der Waals surface area contributed by atoms with E-state index in [4.69, 9.17) is 5.11 Å². The number of halogens is 6. The molecule has 0 aliphatic carbocycles. The molecule has 2 N–H and O–H groups in total. The van der Waals surface area contributed by atoms with Gasteiger partial charge in [0, 0.05) is 25.3 Å². The van der Waals surface area contributed by atoms with Gasteiger partial charge < -0.3 is 10.4 Å². The van der Waals surface area contributed by atoms with E-state index in [1.807, 2.05) is 0 Å². The van der Waals surface area contributed by atoms with Crippen molar-refractivity contribution in [3.05, 3.63) is 17.0 Å². The zero-order chi connectivity index (χ0) is 15.7. The fourth-order valence-electron chi connectivity index (χ4n) is 1.98. The van der Waals surface area contributed by atoms with Crippen molar-refractivity contribution < 1.29 is 31.4 Å². The molecule has 20 heavy (non-hydrogen) atoms. The summed E-state index contributed by atoms with van der Waals surface area (Å²) in [6.45, 7) is -0.561. The molecule has 0 bridgehead atoms. The van der Waals surface area contributed by atoms with Gasteiger partial charge in [-0.15, -0.1) is 0 Å². The van der Waals surface area contributed by atoms with Crippen LogP contribution in [0.15, 0.2) is 0 Å². The van der Waals surface area contributed by atoms with Crippen molar-refractivity contribution in [2.24, 2.45) is 7.05 Å². The van der Waals surface area contributed by atoms with E-state index in [0.717, 1.165) is 7.05 Å². The number of hydrogen-bond acceptors (Lipinski definition) is 3. The molecule has 0 fully saturated rings. The van der Waals surface area contributed by atoms with Crippen molar-refractivity contribution in [3.63, 3.8) is 0 Å². The molecule has 1 unspecified atom stereocenters. The number of alkyl halides is 6. The summed E-state index contributed by atoms with van der Waals surface area (Å²) >= 11 is 0. The highest BCUT2D eigenvalue weighted by molar-refractivity contribution is 5.34. The van der Waals surface area contributed by atoms with Crippen molar-refractivity contribution in [2.75, 3.05) is 13.7 Å². The molecule has 1 atom stereocenters. The Kier molecular flexibility index (Phi) is 4.70. The summed E-state index contributed by atoms with van der Waals surface area (Å²) < 4.78 is 77.5. The largest absolute Gasteiger partial charge is 0.435 e. The zero-order valence-electron chi connectivity index (χ0n) is 10.6. The maximum absolute atomic E-state index is 12.9. The Morgan fingerprint density at radius 3 is 2.10 bits per heavy atom. The molecule has 1 rings (SSSR count). The first-order valence-corrected chi connectivity index (χ1v) is 5.53. The molecule has 0 aromatic carbocycles. The molecule has 0 saturated heterocycles. The van der Waals surface area contributed by atoms with Crippen LogP contribution in [0.3, 0.4) is 0 Å². The third-order valence-electron chi connectivity index (χ3n) is 2.74. The number of aryl methyl sites for hydroxylation is 1. The van der Waals surface area contributed by atoms with Gasteiger partial charge in [-0.1, -0.05) is 0 Å². The van der Waals surface area contributed by atoms with Gasteiger partial charge in [-0.25, -0.2) is 0 Å². The summed E-state index contributed by atoms with van der Waals surface area (Å²) in [4.78, 5) is 0. The van der Waals surface area contributed by atoms with Crippen molar-refractivity contribution in [3.8, 4) is 0 Å². The molecule has 0 radical (unpaired) electrons. The summed E-state index contributed by atoms with van der Waals surface area (Å²) in [6.07, 6.45) is -10.3. The first-order valence-electron chi connectivity index (χ1n) is 5.53. The van der Waals surface area contributed by atoms with Gasteiger partial charge in [0.1, 0.15) is 5.69 Å². The minimum Gasteiger partial charge on any atom is -0.396 e. The van der Waals surface area contributed by atoms with Gasteiger partial charge in [0.25, 0.3) is 0 Å². The van der Waals surface area contributed by atoms with Crippen LogP contribution in [0, 0.1) is 0 Å². The summed E-state index contributed by atoms with van der Waals surface area (Å²) in [5.41, 5.74) is -4.07. The molecule has 0 aliphatic heterocycles. The molecule has 1 aromatic heterocycles. The number of aliphatic hydroxyl groups is 1. The van der Waals surface area contributed by atoms with Crippen molar-refractivity contribution in [1.82, 2.24) is 15.1 Å². The number of rotatable bonds is 4. The smallest absolute Gasteiger partial charge is 0.396 e. The summed E-state index contributed by atoms with van der Waals surface area (Å²) in [5.74, 6) is 0. The maximum atomic E-state index is 12.9. The van der Waals surface area contributed by atoms with E-state index in [2.05, 4.69) is 10.4 Å². The van der Waals surface area contributed by atoms with Crippen molar-refractivity contribution in [2.45, 2.75) is 24.8 Å². The van der Waals surface area contributed by atoms with E-state index in [1.165, 1.54) is 7.05 Å². The lowest BCUT2D eigenvalue weighted by molar-refractivity contribution is -0.145. The van der Waals surface area contributed by atoms with Gasteiger partial charge in [0.15, 0.2) is 5.69 Å². The Labute approximate surface area is 110 Å². The van der Waals surface area contributed by atoms with Crippen LogP contribution in [-0.4, -0.2) is 28.5 Å². The molecule has 1 heterocycles. The SMILES string of the molecule is CNC(CCO)c1c(C(F)(F)F)nn(C)c1C(F)(F)F. The molecule has 1 aromatic rings. The first kappa shape index (κ1) is 16.8. The van der Waals surface area contributed by atoms with E-state index in [-0.39, 0.29) is 11.1 Å². The zero-order valence-corrected chi connectivity index (χ0v) is 10.6. The van der Waals surface area contributed by atoms with E-state index < -0.39 is 42.0 Å². The lowest BCUT2D eigenvalue weighted by atomic mass is 10.0. The molecule has 0 aliphatic rings. The third-order valence-corrected chi connectivity index (χ3v) is 2.74. The highest BCUT2D eigenvalue weighted by Crippen LogP contribution is 2.42. The Hall–Kier alpha value is -1.29. The number of nitrogens with one attached hydrogen (secondary N) is 1. The van der Waals surface area contributed by atoms with Crippen LogP contribution in [0.1, 0.15) is 29.4 Å². The minimum atomic E-state index is -5.01. The Morgan fingerprint density at radius 1 is 1.20 bits per heavy atom. The predicted octanol–water partition coefficient (Wildman–Crippen LogP) is 2.10. The third kappa shape index (κ3) is 3.23.